The minimum atomic E-state index is -0.690. The normalized spacial score (nSPS) is 15.4. The smallest absolute Gasteiger partial charge is 0.319 e. The number of carbonyl (C=O) groups excluding carboxylic acids is 1. The molecular formula is C33H34F2N4O6. The number of ether oxygens (including phenoxy) is 5. The lowest BCUT2D eigenvalue weighted by Crippen LogP contribution is -2.37. The van der Waals surface area contributed by atoms with E-state index in [2.05, 4.69) is 20.5 Å². The summed E-state index contributed by atoms with van der Waals surface area (Å²) in [5.74, 6) is 1.01. The zero-order valence-electron chi connectivity index (χ0n) is 24.8. The van der Waals surface area contributed by atoms with Gasteiger partial charge in [0.15, 0.2) is 11.5 Å². The highest BCUT2D eigenvalue weighted by Crippen LogP contribution is 2.48. The molecule has 4 aromatic rings. The van der Waals surface area contributed by atoms with Crippen LogP contribution < -0.4 is 29.6 Å². The Labute approximate surface area is 259 Å². The van der Waals surface area contributed by atoms with Gasteiger partial charge >= 0.3 is 6.03 Å². The zero-order chi connectivity index (χ0) is 31.2. The number of hydrogen-bond acceptors (Lipinski definition) is 8. The Hall–Kier alpha value is -4.68. The van der Waals surface area contributed by atoms with E-state index in [1.165, 1.54) is 24.3 Å². The number of rotatable bonds is 10. The van der Waals surface area contributed by atoms with E-state index in [9.17, 15) is 9.18 Å². The molecule has 45 heavy (non-hydrogen) atoms. The van der Waals surface area contributed by atoms with Crippen LogP contribution in [0.15, 0.2) is 60.8 Å². The second-order valence-corrected chi connectivity index (χ2v) is 10.7. The molecule has 2 aliphatic heterocycles. The van der Waals surface area contributed by atoms with Crippen molar-refractivity contribution >= 4 is 22.6 Å². The van der Waals surface area contributed by atoms with Crippen molar-refractivity contribution in [3.63, 3.8) is 0 Å². The Balaban J connectivity index is 1.14. The maximum Gasteiger partial charge on any atom is 0.319 e. The van der Waals surface area contributed by atoms with Crippen LogP contribution in [0.4, 0.5) is 19.3 Å². The summed E-state index contributed by atoms with van der Waals surface area (Å²) in [6.07, 6.45) is 2.43. The predicted octanol–water partition coefficient (Wildman–Crippen LogP) is 6.06. The predicted molar refractivity (Wildman–Crippen MR) is 164 cm³/mol. The van der Waals surface area contributed by atoms with Gasteiger partial charge < -0.3 is 34.3 Å². The first-order valence-electron chi connectivity index (χ1n) is 14.9. The van der Waals surface area contributed by atoms with Gasteiger partial charge in [-0.25, -0.2) is 13.6 Å². The van der Waals surface area contributed by atoms with E-state index in [1.807, 2.05) is 0 Å². The van der Waals surface area contributed by atoms with Crippen molar-refractivity contribution in [1.82, 2.24) is 15.2 Å². The minimum Gasteiger partial charge on any atom is -0.489 e. The lowest BCUT2D eigenvalue weighted by Gasteiger charge is -2.26. The van der Waals surface area contributed by atoms with E-state index >= 15 is 4.39 Å². The Bertz CT molecular complexity index is 1650. The molecule has 1 atom stereocenters. The van der Waals surface area contributed by atoms with E-state index in [0.717, 1.165) is 39.3 Å². The number of nitrogens with one attached hydrogen (secondary N) is 2. The highest BCUT2D eigenvalue weighted by Gasteiger charge is 2.25. The van der Waals surface area contributed by atoms with Gasteiger partial charge in [-0.15, -0.1) is 0 Å². The summed E-state index contributed by atoms with van der Waals surface area (Å²) >= 11 is 0. The lowest BCUT2D eigenvalue weighted by molar-refractivity contribution is 0.0357. The number of nitrogens with zero attached hydrogens (tertiary/aromatic N) is 2. The Morgan fingerprint density at radius 3 is 2.53 bits per heavy atom. The number of aromatic nitrogens is 1. The number of pyridine rings is 1. The molecule has 3 aromatic carbocycles. The maximum absolute atomic E-state index is 15.1. The van der Waals surface area contributed by atoms with Crippen molar-refractivity contribution in [1.29, 1.82) is 0 Å². The first-order chi connectivity index (χ1) is 21.9. The third-order valence-corrected chi connectivity index (χ3v) is 7.56. The second-order valence-electron chi connectivity index (χ2n) is 10.7. The molecule has 2 amide bonds. The number of morpholine rings is 1. The van der Waals surface area contributed by atoms with Gasteiger partial charge in [-0.2, -0.15) is 0 Å². The number of fused-ring (bicyclic) bond motifs is 3. The largest absolute Gasteiger partial charge is 0.489 e. The maximum atomic E-state index is 15.1. The van der Waals surface area contributed by atoms with Gasteiger partial charge in [0, 0.05) is 38.0 Å². The molecule has 0 aliphatic carbocycles. The molecule has 2 aliphatic rings. The first kappa shape index (κ1) is 30.4. The van der Waals surface area contributed by atoms with Crippen LogP contribution in [-0.2, 0) is 4.74 Å². The highest BCUT2D eigenvalue weighted by molar-refractivity contribution is 5.95. The summed E-state index contributed by atoms with van der Waals surface area (Å²) in [4.78, 5) is 19.4. The van der Waals surface area contributed by atoms with Crippen LogP contribution in [0.25, 0.3) is 10.9 Å². The van der Waals surface area contributed by atoms with Crippen molar-refractivity contribution in [2.75, 3.05) is 58.0 Å². The second kappa shape index (κ2) is 14.0. The molecule has 0 saturated carbocycles. The van der Waals surface area contributed by atoms with Crippen LogP contribution in [-0.4, -0.2) is 68.6 Å². The van der Waals surface area contributed by atoms with Crippen molar-refractivity contribution in [2.45, 2.75) is 19.4 Å². The van der Waals surface area contributed by atoms with E-state index in [0.29, 0.717) is 59.3 Å². The summed E-state index contributed by atoms with van der Waals surface area (Å²) in [6, 6.07) is 12.3. The van der Waals surface area contributed by atoms with Gasteiger partial charge in [0.2, 0.25) is 5.75 Å². The highest BCUT2D eigenvalue weighted by atomic mass is 19.1. The average Bonchev–Trinajstić information content (AvgIpc) is 3.05. The van der Waals surface area contributed by atoms with Gasteiger partial charge in [0.05, 0.1) is 42.5 Å². The fourth-order valence-corrected chi connectivity index (χ4v) is 5.24. The summed E-state index contributed by atoms with van der Waals surface area (Å²) in [6.45, 7) is 7.22. The molecule has 0 radical (unpaired) electrons. The fourth-order valence-electron chi connectivity index (χ4n) is 5.24. The molecule has 0 bridgehead atoms. The number of urea groups is 1. The van der Waals surface area contributed by atoms with Crippen LogP contribution >= 0.6 is 0 Å². The van der Waals surface area contributed by atoms with Gasteiger partial charge in [-0.05, 0) is 49.2 Å². The van der Waals surface area contributed by atoms with E-state index < -0.39 is 17.9 Å². The molecule has 3 heterocycles. The molecule has 1 aromatic heterocycles. The van der Waals surface area contributed by atoms with E-state index in [4.69, 9.17) is 23.7 Å². The summed E-state index contributed by atoms with van der Waals surface area (Å²) in [7, 11) is 0. The monoisotopic (exact) mass is 620 g/mol. The van der Waals surface area contributed by atoms with E-state index in [1.54, 1.807) is 43.5 Å². The van der Waals surface area contributed by atoms with Crippen LogP contribution in [0.1, 0.15) is 24.9 Å². The van der Waals surface area contributed by atoms with Gasteiger partial charge in [0.25, 0.3) is 0 Å². The standard InChI is InChI=1S/C33H34F2N4O6/c1-21(22-3-5-23(34)6-4-22)37-33(40)38-26-8-7-24(19-25(26)35)45-28-9-10-36-27-20-29(31-32(30(27)28)44-18-17-43-31)42-14-2-11-39-12-15-41-16-13-39/h3-10,19-21H,2,11-18H2,1H3,(H2,37,38,40)/t21-/m0/s1. The molecule has 0 unspecified atom stereocenters. The molecule has 6 rings (SSSR count). The molecule has 0 spiro atoms. The number of halogens is 2. The summed E-state index contributed by atoms with van der Waals surface area (Å²) < 4.78 is 57.9. The molecular weight excluding hydrogens is 586 g/mol. The Morgan fingerprint density at radius 2 is 1.76 bits per heavy atom. The molecule has 1 saturated heterocycles. The number of amides is 2. The molecule has 236 valence electrons. The average molecular weight is 621 g/mol. The molecule has 10 nitrogen and oxygen atoms in total. The van der Waals surface area contributed by atoms with Crippen LogP contribution in [0.2, 0.25) is 0 Å². The third kappa shape index (κ3) is 7.35. The minimum absolute atomic E-state index is 0.0322. The first-order valence-corrected chi connectivity index (χ1v) is 14.9. The molecule has 1 fully saturated rings. The van der Waals surface area contributed by atoms with Crippen molar-refractivity contribution < 1.29 is 37.3 Å². The third-order valence-electron chi connectivity index (χ3n) is 7.56. The Morgan fingerprint density at radius 1 is 0.978 bits per heavy atom. The van der Waals surface area contributed by atoms with Crippen LogP contribution in [0, 0.1) is 11.6 Å². The fraction of sp³-hybridized carbons (Fsp3) is 0.333. The Kier molecular flexibility index (Phi) is 9.41. The number of anilines is 1. The SMILES string of the molecule is C[C@H](NC(=O)Nc1ccc(Oc2ccnc3cc(OCCCN4CCOCC4)c4c(c23)OCCO4)cc1F)c1ccc(F)cc1. The number of carbonyl (C=O) groups is 1. The lowest BCUT2D eigenvalue weighted by atomic mass is 10.1. The van der Waals surface area contributed by atoms with Crippen molar-refractivity contribution in [3.05, 3.63) is 78.0 Å². The van der Waals surface area contributed by atoms with Crippen LogP contribution in [0.5, 0.6) is 28.7 Å². The zero-order valence-corrected chi connectivity index (χ0v) is 24.8. The molecule has 12 heteroatoms. The van der Waals surface area contributed by atoms with E-state index in [-0.39, 0.29) is 17.3 Å². The summed E-state index contributed by atoms with van der Waals surface area (Å²) in [5, 5.41) is 5.79. The number of benzene rings is 3. The van der Waals surface area contributed by atoms with Gasteiger partial charge in [-0.3, -0.25) is 9.88 Å². The quantitative estimate of drug-likeness (QED) is 0.206. The van der Waals surface area contributed by atoms with Gasteiger partial charge in [-0.1, -0.05) is 12.1 Å². The molecule has 2 N–H and O–H groups in total. The van der Waals surface area contributed by atoms with Crippen molar-refractivity contribution in [3.8, 4) is 28.7 Å². The summed E-state index contributed by atoms with van der Waals surface area (Å²) in [5.41, 5.74) is 1.25. The van der Waals surface area contributed by atoms with Gasteiger partial charge in [0.1, 0.15) is 36.3 Å². The van der Waals surface area contributed by atoms with Crippen molar-refractivity contribution in [2.24, 2.45) is 0 Å². The number of hydrogen-bond donors (Lipinski definition) is 2. The van der Waals surface area contributed by atoms with Crippen LogP contribution in [0.3, 0.4) is 0 Å². The topological polar surface area (TPSA) is 103 Å².